The van der Waals surface area contributed by atoms with Gasteiger partial charge in [-0.15, -0.1) is 0 Å². The maximum atomic E-state index is 14.1. The van der Waals surface area contributed by atoms with Crippen molar-refractivity contribution in [1.29, 1.82) is 0 Å². The summed E-state index contributed by atoms with van der Waals surface area (Å²) in [5.41, 5.74) is -0.445. The summed E-state index contributed by atoms with van der Waals surface area (Å²) in [6, 6.07) is 5.25. The summed E-state index contributed by atoms with van der Waals surface area (Å²) in [6.07, 6.45) is 1.86. The van der Waals surface area contributed by atoms with E-state index in [0.29, 0.717) is 29.9 Å². The molecule has 5 rings (SSSR count). The van der Waals surface area contributed by atoms with E-state index in [-0.39, 0.29) is 29.5 Å². The maximum absolute atomic E-state index is 14.1. The van der Waals surface area contributed by atoms with E-state index in [1.165, 1.54) is 18.2 Å². The normalized spacial score (nSPS) is 21.7. The summed E-state index contributed by atoms with van der Waals surface area (Å²) in [5, 5.41) is 0. The summed E-state index contributed by atoms with van der Waals surface area (Å²) in [7, 11) is 1.73. The standard InChI is InChI=1S/C23H20F4N6O/c1-32(20-11-30-19(10-31-20)23(25,26)27)17-7-13-8-18(17)33(12-13)22(34)16-9-14(24)3-4-15(16)21-28-5-2-6-29-21/h2-6,9-11,13,17-18H,7-8,12H2,1H3/t13-,17-,18+/m1/s1. The third kappa shape index (κ3) is 3.95. The number of carbonyl (C=O) groups is 1. The fourth-order valence-corrected chi connectivity index (χ4v) is 4.94. The van der Waals surface area contributed by atoms with Gasteiger partial charge >= 0.3 is 6.18 Å². The number of fused-ring (bicyclic) bond motifs is 2. The largest absolute Gasteiger partial charge is 0.434 e. The zero-order valence-electron chi connectivity index (χ0n) is 18.1. The molecule has 1 saturated carbocycles. The van der Waals surface area contributed by atoms with Crippen LogP contribution >= 0.6 is 0 Å². The van der Waals surface area contributed by atoms with Gasteiger partial charge in [-0.3, -0.25) is 4.79 Å². The summed E-state index contributed by atoms with van der Waals surface area (Å²) in [6.45, 7) is 0.526. The van der Waals surface area contributed by atoms with Crippen LogP contribution in [0.5, 0.6) is 0 Å². The molecular formula is C23H20F4N6O. The Hall–Kier alpha value is -3.63. The molecule has 2 bridgehead atoms. The molecule has 1 amide bonds. The average Bonchev–Trinajstić information content (AvgIpc) is 3.44. The van der Waals surface area contributed by atoms with E-state index in [0.717, 1.165) is 19.0 Å². The molecule has 34 heavy (non-hydrogen) atoms. The zero-order chi connectivity index (χ0) is 24.0. The van der Waals surface area contributed by atoms with Crippen molar-refractivity contribution in [3.05, 3.63) is 66.1 Å². The minimum absolute atomic E-state index is 0.154. The van der Waals surface area contributed by atoms with Gasteiger partial charge in [0.2, 0.25) is 0 Å². The van der Waals surface area contributed by atoms with Crippen molar-refractivity contribution in [2.45, 2.75) is 31.1 Å². The van der Waals surface area contributed by atoms with E-state index in [1.54, 1.807) is 35.3 Å². The number of hydrogen-bond donors (Lipinski definition) is 0. The topological polar surface area (TPSA) is 75.1 Å². The first-order chi connectivity index (χ1) is 16.2. The van der Waals surface area contributed by atoms with Gasteiger partial charge in [-0.05, 0) is 43.0 Å². The van der Waals surface area contributed by atoms with Crippen LogP contribution in [0.3, 0.4) is 0 Å². The average molecular weight is 472 g/mol. The van der Waals surface area contributed by atoms with Gasteiger partial charge in [0.25, 0.3) is 5.91 Å². The Bertz CT molecular complexity index is 1200. The quantitative estimate of drug-likeness (QED) is 0.538. The highest BCUT2D eigenvalue weighted by Gasteiger charge is 2.49. The lowest BCUT2D eigenvalue weighted by molar-refractivity contribution is -0.141. The summed E-state index contributed by atoms with van der Waals surface area (Å²) in [4.78, 5) is 32.9. The van der Waals surface area contributed by atoms with E-state index >= 15 is 0 Å². The summed E-state index contributed by atoms with van der Waals surface area (Å²) >= 11 is 0. The van der Waals surface area contributed by atoms with Crippen molar-refractivity contribution in [2.75, 3.05) is 18.5 Å². The molecule has 11 heteroatoms. The predicted molar refractivity (Wildman–Crippen MR) is 114 cm³/mol. The SMILES string of the molecule is CN(c1cnc(C(F)(F)F)cn1)[C@@H]1C[C@@H]2C[C@@H]1N(C(=O)c1cc(F)ccc1-c1ncccn1)C2. The third-order valence-electron chi connectivity index (χ3n) is 6.52. The molecule has 3 heterocycles. The van der Waals surface area contributed by atoms with Gasteiger partial charge in [0.1, 0.15) is 11.6 Å². The van der Waals surface area contributed by atoms with Crippen molar-refractivity contribution in [2.24, 2.45) is 5.92 Å². The van der Waals surface area contributed by atoms with E-state index < -0.39 is 17.7 Å². The van der Waals surface area contributed by atoms with E-state index in [4.69, 9.17) is 0 Å². The second kappa shape index (κ2) is 8.30. The van der Waals surface area contributed by atoms with Crippen molar-refractivity contribution in [1.82, 2.24) is 24.8 Å². The number of alkyl halides is 3. The van der Waals surface area contributed by atoms with Crippen molar-refractivity contribution < 1.29 is 22.4 Å². The van der Waals surface area contributed by atoms with Crippen LogP contribution in [0, 0.1) is 11.7 Å². The number of benzene rings is 1. The fourth-order valence-electron chi connectivity index (χ4n) is 4.94. The molecular weight excluding hydrogens is 452 g/mol. The number of likely N-dealkylation sites (tertiary alicyclic amines) is 1. The van der Waals surface area contributed by atoms with Gasteiger partial charge in [-0.2, -0.15) is 13.2 Å². The van der Waals surface area contributed by atoms with Crippen LogP contribution in [0.4, 0.5) is 23.4 Å². The Morgan fingerprint density at radius 2 is 1.85 bits per heavy atom. The van der Waals surface area contributed by atoms with Crippen LogP contribution in [0.1, 0.15) is 28.9 Å². The van der Waals surface area contributed by atoms with Gasteiger partial charge in [0, 0.05) is 31.5 Å². The van der Waals surface area contributed by atoms with Crippen molar-refractivity contribution >= 4 is 11.7 Å². The smallest absolute Gasteiger partial charge is 0.353 e. The number of likely N-dealkylation sites (N-methyl/N-ethyl adjacent to an activating group) is 1. The van der Waals surface area contributed by atoms with Crippen molar-refractivity contribution in [3.8, 4) is 11.4 Å². The number of piperidine rings is 1. The Balaban J connectivity index is 1.41. The predicted octanol–water partition coefficient (Wildman–Crippen LogP) is 3.83. The zero-order valence-corrected chi connectivity index (χ0v) is 18.1. The minimum Gasteiger partial charge on any atom is -0.353 e. The van der Waals surface area contributed by atoms with Crippen LogP contribution in [0.25, 0.3) is 11.4 Å². The number of anilines is 1. The van der Waals surface area contributed by atoms with Crippen molar-refractivity contribution in [3.63, 3.8) is 0 Å². The molecule has 3 aromatic rings. The highest BCUT2D eigenvalue weighted by molar-refractivity contribution is 6.00. The molecule has 0 unspecified atom stereocenters. The van der Waals surface area contributed by atoms with Crippen LogP contribution in [-0.4, -0.2) is 56.4 Å². The van der Waals surface area contributed by atoms with Crippen LogP contribution in [-0.2, 0) is 6.18 Å². The molecule has 0 N–H and O–H groups in total. The number of rotatable bonds is 4. The number of nitrogens with zero attached hydrogens (tertiary/aromatic N) is 6. The highest BCUT2D eigenvalue weighted by atomic mass is 19.4. The molecule has 2 aliphatic rings. The number of carbonyl (C=O) groups excluding carboxylic acids is 1. The van der Waals surface area contributed by atoms with Gasteiger partial charge in [-0.25, -0.2) is 24.3 Å². The second-order valence-electron chi connectivity index (χ2n) is 8.56. The second-order valence-corrected chi connectivity index (χ2v) is 8.56. The van der Waals surface area contributed by atoms with Crippen LogP contribution in [0.2, 0.25) is 0 Å². The molecule has 0 radical (unpaired) electrons. The summed E-state index contributed by atoms with van der Waals surface area (Å²) in [5.74, 6) is -0.0214. The lowest BCUT2D eigenvalue weighted by Gasteiger charge is -2.38. The molecule has 2 fully saturated rings. The highest BCUT2D eigenvalue weighted by Crippen LogP contribution is 2.42. The third-order valence-corrected chi connectivity index (χ3v) is 6.52. The fraction of sp³-hybridized carbons (Fsp3) is 0.348. The lowest BCUT2D eigenvalue weighted by atomic mass is 10.0. The van der Waals surface area contributed by atoms with Crippen LogP contribution in [0.15, 0.2) is 49.1 Å². The van der Waals surface area contributed by atoms with Gasteiger partial charge < -0.3 is 9.80 Å². The first-order valence-electron chi connectivity index (χ1n) is 10.7. The first kappa shape index (κ1) is 22.2. The molecule has 2 aromatic heterocycles. The van der Waals surface area contributed by atoms with Crippen LogP contribution < -0.4 is 4.90 Å². The van der Waals surface area contributed by atoms with Gasteiger partial charge in [0.15, 0.2) is 11.5 Å². The van der Waals surface area contributed by atoms with E-state index in [2.05, 4.69) is 19.9 Å². The Morgan fingerprint density at radius 3 is 2.50 bits per heavy atom. The van der Waals surface area contributed by atoms with E-state index in [1.807, 2.05) is 0 Å². The number of hydrogen-bond acceptors (Lipinski definition) is 6. The molecule has 1 saturated heterocycles. The number of amides is 1. The molecule has 1 aromatic carbocycles. The number of aromatic nitrogens is 4. The van der Waals surface area contributed by atoms with Gasteiger partial charge in [-0.1, -0.05) is 0 Å². The van der Waals surface area contributed by atoms with E-state index in [9.17, 15) is 22.4 Å². The first-order valence-corrected chi connectivity index (χ1v) is 10.7. The molecule has 7 nitrogen and oxygen atoms in total. The Kier molecular flexibility index (Phi) is 5.41. The lowest BCUT2D eigenvalue weighted by Crippen LogP contribution is -2.51. The minimum atomic E-state index is -4.56. The molecule has 3 atom stereocenters. The molecule has 0 spiro atoms. The Morgan fingerprint density at radius 1 is 1.09 bits per heavy atom. The molecule has 1 aliphatic carbocycles. The Labute approximate surface area is 192 Å². The monoisotopic (exact) mass is 472 g/mol. The molecule has 1 aliphatic heterocycles. The molecule has 176 valence electrons. The maximum Gasteiger partial charge on any atom is 0.434 e. The summed E-state index contributed by atoms with van der Waals surface area (Å²) < 4.78 is 52.6. The van der Waals surface area contributed by atoms with Gasteiger partial charge in [0.05, 0.1) is 30.0 Å². The number of halogens is 4.